The number of hydrogen-bond acceptors (Lipinski definition) is 4. The zero-order chi connectivity index (χ0) is 29.1. The topological polar surface area (TPSA) is 86.8 Å². The summed E-state index contributed by atoms with van der Waals surface area (Å²) >= 11 is 3.43. The molecule has 0 unspecified atom stereocenters. The van der Waals surface area contributed by atoms with Gasteiger partial charge < -0.3 is 10.2 Å². The van der Waals surface area contributed by atoms with Gasteiger partial charge in [0.15, 0.2) is 0 Å². The molecular formula is C30H35BrFN3O4S. The number of benzene rings is 3. The average molecular weight is 633 g/mol. The number of carbonyl (C=O) groups is 2. The van der Waals surface area contributed by atoms with E-state index in [-0.39, 0.29) is 37.7 Å². The molecular weight excluding hydrogens is 597 g/mol. The second-order valence-corrected chi connectivity index (χ2v) is 12.4. The molecule has 0 spiro atoms. The quantitative estimate of drug-likeness (QED) is 0.262. The molecule has 0 fully saturated rings. The van der Waals surface area contributed by atoms with Crippen molar-refractivity contribution >= 4 is 43.5 Å². The predicted octanol–water partition coefficient (Wildman–Crippen LogP) is 5.30. The van der Waals surface area contributed by atoms with Crippen LogP contribution in [0.3, 0.4) is 0 Å². The largest absolute Gasteiger partial charge is 0.354 e. The number of amides is 2. The van der Waals surface area contributed by atoms with E-state index in [1.807, 2.05) is 61.5 Å². The van der Waals surface area contributed by atoms with Gasteiger partial charge in [-0.15, -0.1) is 0 Å². The highest BCUT2D eigenvalue weighted by molar-refractivity contribution is 9.10. The van der Waals surface area contributed by atoms with Gasteiger partial charge in [-0.1, -0.05) is 65.3 Å². The van der Waals surface area contributed by atoms with Crippen molar-refractivity contribution in [3.63, 3.8) is 0 Å². The summed E-state index contributed by atoms with van der Waals surface area (Å²) in [6.07, 6.45) is 2.41. The number of hydrogen-bond donors (Lipinski definition) is 1. The van der Waals surface area contributed by atoms with Crippen LogP contribution < -0.4 is 9.62 Å². The highest BCUT2D eigenvalue weighted by atomic mass is 79.9. The Hall–Kier alpha value is -3.24. The molecule has 0 bridgehead atoms. The number of anilines is 1. The van der Waals surface area contributed by atoms with E-state index in [4.69, 9.17) is 0 Å². The summed E-state index contributed by atoms with van der Waals surface area (Å²) in [5.41, 5.74) is 2.11. The van der Waals surface area contributed by atoms with Crippen molar-refractivity contribution in [3.8, 4) is 0 Å². The Balaban J connectivity index is 1.85. The molecule has 0 saturated heterocycles. The Morgan fingerprint density at radius 2 is 1.60 bits per heavy atom. The predicted molar refractivity (Wildman–Crippen MR) is 160 cm³/mol. The minimum atomic E-state index is -3.66. The summed E-state index contributed by atoms with van der Waals surface area (Å²) in [6.45, 7) is 2.71. The first-order valence-electron chi connectivity index (χ1n) is 13.2. The van der Waals surface area contributed by atoms with Crippen molar-refractivity contribution in [2.24, 2.45) is 0 Å². The fourth-order valence-corrected chi connectivity index (χ4v) is 5.55. The van der Waals surface area contributed by atoms with E-state index in [1.165, 1.54) is 24.3 Å². The van der Waals surface area contributed by atoms with Crippen molar-refractivity contribution in [3.05, 3.63) is 100 Å². The molecule has 3 rings (SSSR count). The van der Waals surface area contributed by atoms with Gasteiger partial charge in [0.1, 0.15) is 11.9 Å². The van der Waals surface area contributed by atoms with Crippen molar-refractivity contribution in [2.45, 2.75) is 45.2 Å². The number of rotatable bonds is 14. The van der Waals surface area contributed by atoms with E-state index < -0.39 is 21.9 Å². The third-order valence-corrected chi connectivity index (χ3v) is 8.08. The van der Waals surface area contributed by atoms with Gasteiger partial charge in [0.25, 0.3) is 0 Å². The third-order valence-electron chi connectivity index (χ3n) is 6.35. The summed E-state index contributed by atoms with van der Waals surface area (Å²) in [6, 6.07) is 21.5. The monoisotopic (exact) mass is 631 g/mol. The lowest BCUT2D eigenvalue weighted by Gasteiger charge is -2.32. The van der Waals surface area contributed by atoms with Crippen molar-refractivity contribution < 1.29 is 22.4 Å². The van der Waals surface area contributed by atoms with E-state index in [2.05, 4.69) is 21.2 Å². The minimum Gasteiger partial charge on any atom is -0.354 e. The molecule has 10 heteroatoms. The molecule has 0 heterocycles. The van der Waals surface area contributed by atoms with Crippen LogP contribution in [0.5, 0.6) is 0 Å². The van der Waals surface area contributed by atoms with Gasteiger partial charge in [-0.3, -0.25) is 13.9 Å². The Kier molecular flexibility index (Phi) is 11.7. The number of carbonyl (C=O) groups excluding carboxylic acids is 2. The zero-order valence-electron chi connectivity index (χ0n) is 22.7. The maximum Gasteiger partial charge on any atom is 0.243 e. The Bertz CT molecular complexity index is 1350. The number of halogens is 2. The second kappa shape index (κ2) is 14.9. The number of nitrogens with zero attached hydrogens (tertiary/aromatic N) is 2. The number of nitrogens with one attached hydrogen (secondary N) is 1. The van der Waals surface area contributed by atoms with Gasteiger partial charge in [0.05, 0.1) is 11.9 Å². The van der Waals surface area contributed by atoms with Crippen molar-refractivity contribution in [1.29, 1.82) is 0 Å². The van der Waals surface area contributed by atoms with Crippen molar-refractivity contribution in [1.82, 2.24) is 10.2 Å². The smallest absolute Gasteiger partial charge is 0.243 e. The van der Waals surface area contributed by atoms with Crippen LogP contribution in [-0.4, -0.2) is 50.5 Å². The lowest BCUT2D eigenvalue weighted by Crippen LogP contribution is -2.50. The highest BCUT2D eigenvalue weighted by Crippen LogP contribution is 2.21. The van der Waals surface area contributed by atoms with Gasteiger partial charge in [-0.05, 0) is 60.4 Å². The maximum absolute atomic E-state index is 13.8. The van der Waals surface area contributed by atoms with Crippen molar-refractivity contribution in [2.75, 3.05) is 23.7 Å². The summed E-state index contributed by atoms with van der Waals surface area (Å²) < 4.78 is 40.4. The van der Waals surface area contributed by atoms with Crippen LogP contribution in [0.4, 0.5) is 10.1 Å². The van der Waals surface area contributed by atoms with Crippen LogP contribution in [-0.2, 0) is 32.6 Å². The van der Waals surface area contributed by atoms with E-state index in [1.54, 1.807) is 4.90 Å². The lowest BCUT2D eigenvalue weighted by atomic mass is 10.0. The number of sulfonamides is 1. The Morgan fingerprint density at radius 1 is 0.950 bits per heavy atom. The minimum absolute atomic E-state index is 0.0239. The molecule has 40 heavy (non-hydrogen) atoms. The molecule has 0 saturated carbocycles. The Morgan fingerprint density at radius 3 is 2.20 bits per heavy atom. The van der Waals surface area contributed by atoms with E-state index >= 15 is 0 Å². The molecule has 3 aromatic carbocycles. The Labute approximate surface area is 244 Å². The second-order valence-electron chi connectivity index (χ2n) is 9.56. The summed E-state index contributed by atoms with van der Waals surface area (Å²) in [4.78, 5) is 28.7. The van der Waals surface area contributed by atoms with Crippen LogP contribution in [0.15, 0.2) is 83.3 Å². The first kappa shape index (κ1) is 31.3. The van der Waals surface area contributed by atoms with Crippen LogP contribution in [0.2, 0.25) is 0 Å². The molecule has 2 amide bonds. The zero-order valence-corrected chi connectivity index (χ0v) is 25.1. The van der Waals surface area contributed by atoms with E-state index in [9.17, 15) is 22.4 Å². The van der Waals surface area contributed by atoms with Crippen LogP contribution >= 0.6 is 15.9 Å². The molecule has 0 aliphatic carbocycles. The van der Waals surface area contributed by atoms with Gasteiger partial charge in [-0.2, -0.15) is 0 Å². The lowest BCUT2D eigenvalue weighted by molar-refractivity contribution is -0.141. The summed E-state index contributed by atoms with van der Waals surface area (Å²) in [5, 5.41) is 2.94. The molecule has 7 nitrogen and oxygen atoms in total. The van der Waals surface area contributed by atoms with Gasteiger partial charge >= 0.3 is 0 Å². The highest BCUT2D eigenvalue weighted by Gasteiger charge is 2.30. The fourth-order valence-electron chi connectivity index (χ4n) is 4.32. The van der Waals surface area contributed by atoms with E-state index in [0.29, 0.717) is 18.7 Å². The van der Waals surface area contributed by atoms with Crippen LogP contribution in [0, 0.1) is 5.82 Å². The maximum atomic E-state index is 13.8. The standard InChI is InChI=1S/C30H35BrFN3O4S/c1-3-19-33-30(37)28(21-23-8-5-4-6-9-23)34(22-24-11-13-25(31)14-12-24)29(36)10-7-20-35(40(2,38)39)27-17-15-26(32)16-18-27/h4-6,8-9,11-18,28H,3,7,10,19-22H2,1-2H3,(H,33,37)/t28-/m1/s1. The molecule has 0 aromatic heterocycles. The summed E-state index contributed by atoms with van der Waals surface area (Å²) in [5.74, 6) is -0.968. The first-order chi connectivity index (χ1) is 19.1. The molecule has 0 radical (unpaired) electrons. The molecule has 0 aliphatic heterocycles. The fraction of sp³-hybridized carbons (Fsp3) is 0.333. The molecule has 3 aromatic rings. The molecule has 1 N–H and O–H groups in total. The molecule has 0 aliphatic rings. The van der Waals surface area contributed by atoms with Crippen LogP contribution in [0.25, 0.3) is 0 Å². The summed E-state index contributed by atoms with van der Waals surface area (Å²) in [7, 11) is -3.66. The van der Waals surface area contributed by atoms with Gasteiger partial charge in [-0.25, -0.2) is 12.8 Å². The SMILES string of the molecule is CCCNC(=O)[C@@H](Cc1ccccc1)N(Cc1ccc(Br)cc1)C(=O)CCCN(c1ccc(F)cc1)S(C)(=O)=O. The van der Waals surface area contributed by atoms with E-state index in [0.717, 1.165) is 32.6 Å². The van der Waals surface area contributed by atoms with Gasteiger partial charge in [0, 0.05) is 36.9 Å². The molecule has 214 valence electrons. The first-order valence-corrected chi connectivity index (χ1v) is 15.8. The average Bonchev–Trinajstić information content (AvgIpc) is 2.93. The van der Waals surface area contributed by atoms with Crippen LogP contribution in [0.1, 0.15) is 37.3 Å². The van der Waals surface area contributed by atoms with Gasteiger partial charge in [0.2, 0.25) is 21.8 Å². The third kappa shape index (κ3) is 9.45. The normalized spacial score (nSPS) is 12.0. The molecule has 1 atom stereocenters.